The van der Waals surface area contributed by atoms with Crippen LogP contribution < -0.4 is 0 Å². The summed E-state index contributed by atoms with van der Waals surface area (Å²) >= 11 is 3.26. The fraction of sp³-hybridized carbons (Fsp3) is 0.250. The van der Waals surface area contributed by atoms with Gasteiger partial charge in [-0.2, -0.15) is 0 Å². The maximum Gasteiger partial charge on any atom is 0.311 e. The Kier molecular flexibility index (Phi) is 5.20. The van der Waals surface area contributed by atoms with Gasteiger partial charge in [0.05, 0.1) is 11.8 Å². The third kappa shape index (κ3) is 3.98. The van der Waals surface area contributed by atoms with E-state index < -0.39 is 17.7 Å². The van der Waals surface area contributed by atoms with Crippen molar-refractivity contribution in [3.63, 3.8) is 0 Å². The van der Waals surface area contributed by atoms with Gasteiger partial charge in [-0.15, -0.1) is 0 Å². The highest BCUT2D eigenvalue weighted by molar-refractivity contribution is 9.10. The number of amides is 1. The molecule has 0 saturated carbocycles. The van der Waals surface area contributed by atoms with Crippen molar-refractivity contribution >= 4 is 27.8 Å². The van der Waals surface area contributed by atoms with Gasteiger partial charge in [0, 0.05) is 29.2 Å². The largest absolute Gasteiger partial charge is 0.481 e. The molecule has 0 saturated heterocycles. The molecule has 0 aliphatic rings. The zero-order valence-electron chi connectivity index (χ0n) is 12.6. The third-order valence-corrected chi connectivity index (χ3v) is 3.83. The molecule has 23 heavy (non-hydrogen) atoms. The van der Waals surface area contributed by atoms with E-state index >= 15 is 0 Å². The number of hydrogen-bond donors (Lipinski definition) is 1. The van der Waals surface area contributed by atoms with Crippen LogP contribution >= 0.6 is 15.9 Å². The number of hydrogen-bond acceptors (Lipinski definition) is 3. The maximum atomic E-state index is 13.8. The molecule has 1 heterocycles. The zero-order valence-corrected chi connectivity index (χ0v) is 14.2. The summed E-state index contributed by atoms with van der Waals surface area (Å²) in [6, 6.07) is 4.49. The number of carbonyl (C=O) groups excluding carboxylic acids is 1. The Morgan fingerprint density at radius 1 is 1.39 bits per heavy atom. The van der Waals surface area contributed by atoms with Crippen molar-refractivity contribution in [3.8, 4) is 0 Å². The second-order valence-electron chi connectivity index (χ2n) is 5.18. The molecule has 0 radical (unpaired) electrons. The van der Waals surface area contributed by atoms with E-state index in [0.29, 0.717) is 15.6 Å². The van der Waals surface area contributed by atoms with E-state index in [4.69, 9.17) is 9.52 Å². The highest BCUT2D eigenvalue weighted by atomic mass is 79.9. The van der Waals surface area contributed by atoms with Crippen molar-refractivity contribution in [2.75, 3.05) is 7.05 Å². The van der Waals surface area contributed by atoms with E-state index in [-0.39, 0.29) is 24.3 Å². The molecule has 0 aliphatic carbocycles. The molecule has 2 aromatic rings. The van der Waals surface area contributed by atoms with Crippen molar-refractivity contribution in [1.82, 2.24) is 4.90 Å². The van der Waals surface area contributed by atoms with Crippen molar-refractivity contribution in [1.29, 1.82) is 0 Å². The molecule has 0 spiro atoms. The molecule has 1 aromatic heterocycles. The first-order valence-corrected chi connectivity index (χ1v) is 7.57. The van der Waals surface area contributed by atoms with Crippen LogP contribution in [0.3, 0.4) is 0 Å². The monoisotopic (exact) mass is 383 g/mol. The van der Waals surface area contributed by atoms with E-state index in [1.807, 2.05) is 0 Å². The van der Waals surface area contributed by atoms with Crippen LogP contribution in [-0.2, 0) is 17.8 Å². The van der Waals surface area contributed by atoms with Gasteiger partial charge in [0.25, 0.3) is 5.91 Å². The molecular formula is C16H15BrFNO4. The molecule has 2 rings (SSSR count). The number of carboxylic acid groups (broad SMARTS) is 1. The summed E-state index contributed by atoms with van der Waals surface area (Å²) in [6.07, 6.45) is 0.965. The Bertz CT molecular complexity index is 757. The lowest BCUT2D eigenvalue weighted by atomic mass is 10.1. The second kappa shape index (κ2) is 6.95. The van der Waals surface area contributed by atoms with Crippen LogP contribution in [0.2, 0.25) is 0 Å². The Morgan fingerprint density at radius 3 is 2.74 bits per heavy atom. The van der Waals surface area contributed by atoms with E-state index in [1.165, 1.54) is 24.3 Å². The lowest BCUT2D eigenvalue weighted by molar-refractivity contribution is -0.136. The number of carbonyl (C=O) groups is 2. The molecule has 0 bridgehead atoms. The minimum atomic E-state index is -1.09. The van der Waals surface area contributed by atoms with Gasteiger partial charge in [0.15, 0.2) is 0 Å². The second-order valence-corrected chi connectivity index (χ2v) is 6.10. The first kappa shape index (κ1) is 17.2. The van der Waals surface area contributed by atoms with Gasteiger partial charge in [0.1, 0.15) is 18.0 Å². The molecule has 1 aromatic carbocycles. The lowest BCUT2D eigenvalue weighted by Crippen LogP contribution is -2.28. The fourth-order valence-electron chi connectivity index (χ4n) is 2.24. The van der Waals surface area contributed by atoms with Gasteiger partial charge < -0.3 is 14.4 Å². The van der Waals surface area contributed by atoms with Gasteiger partial charge in [-0.05, 0) is 25.1 Å². The summed E-state index contributed by atoms with van der Waals surface area (Å²) < 4.78 is 19.7. The lowest BCUT2D eigenvalue weighted by Gasteiger charge is -2.18. The van der Waals surface area contributed by atoms with Gasteiger partial charge in [-0.3, -0.25) is 9.59 Å². The predicted octanol–water partition coefficient (Wildman–Crippen LogP) is 3.39. The average Bonchev–Trinajstić information content (AvgIpc) is 2.82. The van der Waals surface area contributed by atoms with Crippen LogP contribution in [0.25, 0.3) is 0 Å². The van der Waals surface area contributed by atoms with Crippen LogP contribution in [0.15, 0.2) is 33.4 Å². The smallest absolute Gasteiger partial charge is 0.311 e. The molecule has 1 amide bonds. The van der Waals surface area contributed by atoms with Crippen molar-refractivity contribution in [2.24, 2.45) is 0 Å². The van der Waals surface area contributed by atoms with Crippen molar-refractivity contribution in [3.05, 3.63) is 57.2 Å². The summed E-state index contributed by atoms with van der Waals surface area (Å²) in [7, 11) is 1.53. The van der Waals surface area contributed by atoms with Crippen LogP contribution in [0.1, 0.15) is 27.2 Å². The van der Waals surface area contributed by atoms with Crippen molar-refractivity contribution < 1.29 is 23.5 Å². The first-order chi connectivity index (χ1) is 10.8. The van der Waals surface area contributed by atoms with Crippen LogP contribution in [0, 0.1) is 12.7 Å². The number of nitrogens with zero attached hydrogens (tertiary/aromatic N) is 1. The summed E-state index contributed by atoms with van der Waals surface area (Å²) in [4.78, 5) is 24.8. The topological polar surface area (TPSA) is 70.7 Å². The SMILES string of the molecule is Cc1coc(CC(=O)O)c1C(=O)N(C)Cc1cc(Br)ccc1F. The molecule has 0 aliphatic heterocycles. The minimum Gasteiger partial charge on any atom is -0.481 e. The Hall–Kier alpha value is -2.15. The van der Waals surface area contributed by atoms with Crippen molar-refractivity contribution in [2.45, 2.75) is 19.9 Å². The molecule has 0 atom stereocenters. The first-order valence-electron chi connectivity index (χ1n) is 6.77. The maximum absolute atomic E-state index is 13.8. The number of benzene rings is 1. The third-order valence-electron chi connectivity index (χ3n) is 3.34. The molecular weight excluding hydrogens is 369 g/mol. The minimum absolute atomic E-state index is 0.0568. The molecule has 0 unspecified atom stereocenters. The number of furan rings is 1. The van der Waals surface area contributed by atoms with Gasteiger partial charge in [-0.1, -0.05) is 15.9 Å². The average molecular weight is 384 g/mol. The molecule has 7 heteroatoms. The zero-order chi connectivity index (χ0) is 17.1. The highest BCUT2D eigenvalue weighted by Crippen LogP contribution is 2.22. The number of aryl methyl sites for hydroxylation is 1. The number of rotatable bonds is 5. The van der Waals surface area contributed by atoms with Gasteiger partial charge >= 0.3 is 5.97 Å². The normalized spacial score (nSPS) is 10.6. The van der Waals surface area contributed by atoms with Gasteiger partial charge in [-0.25, -0.2) is 4.39 Å². The summed E-state index contributed by atoms with van der Waals surface area (Å²) in [5, 5.41) is 8.88. The standard InChI is InChI=1S/C16H15BrFNO4/c1-9-8-23-13(6-14(20)21)15(9)16(22)19(2)7-10-5-11(17)3-4-12(10)18/h3-5,8H,6-7H2,1-2H3,(H,20,21). The number of aliphatic carboxylic acids is 1. The van der Waals surface area contributed by atoms with E-state index in [1.54, 1.807) is 19.1 Å². The molecule has 5 nitrogen and oxygen atoms in total. The fourth-order valence-corrected chi connectivity index (χ4v) is 2.64. The molecule has 1 N–H and O–H groups in total. The van der Waals surface area contributed by atoms with Crippen LogP contribution in [0.5, 0.6) is 0 Å². The van der Waals surface area contributed by atoms with Gasteiger partial charge in [0.2, 0.25) is 0 Å². The quantitative estimate of drug-likeness (QED) is 0.858. The van der Waals surface area contributed by atoms with E-state index in [9.17, 15) is 14.0 Å². The van der Waals surface area contributed by atoms with Crippen LogP contribution in [-0.4, -0.2) is 28.9 Å². The Morgan fingerprint density at radius 2 is 2.09 bits per heavy atom. The van der Waals surface area contributed by atoms with Crippen LogP contribution in [0.4, 0.5) is 4.39 Å². The van der Waals surface area contributed by atoms with E-state index in [2.05, 4.69) is 15.9 Å². The number of carboxylic acids is 1. The summed E-state index contributed by atoms with van der Waals surface area (Å²) in [5.74, 6) is -1.81. The Labute approximate surface area is 140 Å². The summed E-state index contributed by atoms with van der Waals surface area (Å²) in [6.45, 7) is 1.72. The molecule has 122 valence electrons. The Balaban J connectivity index is 2.25. The number of halogens is 2. The molecule has 0 fully saturated rings. The highest BCUT2D eigenvalue weighted by Gasteiger charge is 2.23. The predicted molar refractivity (Wildman–Crippen MR) is 84.7 cm³/mol. The van der Waals surface area contributed by atoms with E-state index in [0.717, 1.165) is 0 Å². The summed E-state index contributed by atoms with van der Waals surface area (Å²) in [5.41, 5.74) is 1.12.